The van der Waals surface area contributed by atoms with Crippen LogP contribution in [0.25, 0.3) is 5.57 Å². The van der Waals surface area contributed by atoms with Gasteiger partial charge in [-0.15, -0.1) is 0 Å². The van der Waals surface area contributed by atoms with E-state index in [0.29, 0.717) is 0 Å². The van der Waals surface area contributed by atoms with E-state index in [0.717, 1.165) is 23.2 Å². The van der Waals surface area contributed by atoms with Gasteiger partial charge < -0.3 is 0 Å². The molecule has 21 heavy (non-hydrogen) atoms. The van der Waals surface area contributed by atoms with Gasteiger partial charge in [-0.25, -0.2) is 0 Å². The summed E-state index contributed by atoms with van der Waals surface area (Å²) in [6.07, 6.45) is 0.990. The maximum atomic E-state index is 12.8. The van der Waals surface area contributed by atoms with Crippen LogP contribution in [0.5, 0.6) is 0 Å². The molecule has 0 radical (unpaired) electrons. The number of rotatable bonds is 1. The molecule has 1 unspecified atom stereocenters. The number of benzene rings is 2. The van der Waals surface area contributed by atoms with Crippen LogP contribution in [-0.2, 0) is 0 Å². The highest BCUT2D eigenvalue weighted by Gasteiger charge is 2.42. The van der Waals surface area contributed by atoms with E-state index in [2.05, 4.69) is 38.1 Å². The van der Waals surface area contributed by atoms with E-state index in [1.54, 1.807) is 0 Å². The number of carbonyl (C=O) groups is 1. The number of anilines is 1. The summed E-state index contributed by atoms with van der Waals surface area (Å²) < 4.78 is 0. The Balaban J connectivity index is 2.04. The van der Waals surface area contributed by atoms with Gasteiger partial charge in [0, 0.05) is 11.1 Å². The monoisotopic (exact) mass is 275 g/mol. The second-order valence-electron chi connectivity index (χ2n) is 5.70. The molecule has 0 bridgehead atoms. The first-order valence-electron chi connectivity index (χ1n) is 7.45. The summed E-state index contributed by atoms with van der Waals surface area (Å²) in [6.45, 7) is 4.36. The van der Waals surface area contributed by atoms with Crippen LogP contribution in [0.2, 0.25) is 0 Å². The second-order valence-corrected chi connectivity index (χ2v) is 5.70. The van der Waals surface area contributed by atoms with E-state index >= 15 is 0 Å². The summed E-state index contributed by atoms with van der Waals surface area (Å²) in [5.74, 6) is 0.123. The van der Waals surface area contributed by atoms with Crippen LogP contribution in [0.4, 0.5) is 5.69 Å². The van der Waals surface area contributed by atoms with Crippen molar-refractivity contribution in [1.82, 2.24) is 0 Å². The van der Waals surface area contributed by atoms with Crippen LogP contribution in [0, 0.1) is 0 Å². The predicted molar refractivity (Wildman–Crippen MR) is 85.3 cm³/mol. The van der Waals surface area contributed by atoms with Crippen molar-refractivity contribution in [2.24, 2.45) is 0 Å². The highest BCUT2D eigenvalue weighted by molar-refractivity contribution is 6.14. The fourth-order valence-corrected chi connectivity index (χ4v) is 3.78. The van der Waals surface area contributed by atoms with Gasteiger partial charge in [0.2, 0.25) is 0 Å². The molecule has 2 aromatic carbocycles. The molecule has 2 aromatic rings. The van der Waals surface area contributed by atoms with Gasteiger partial charge >= 0.3 is 0 Å². The average molecular weight is 275 g/mol. The van der Waals surface area contributed by atoms with Crippen LogP contribution in [-0.4, -0.2) is 5.91 Å². The van der Waals surface area contributed by atoms with Crippen LogP contribution < -0.4 is 4.90 Å². The quantitative estimate of drug-likeness (QED) is 0.745. The van der Waals surface area contributed by atoms with Crippen molar-refractivity contribution in [3.05, 3.63) is 70.8 Å². The smallest absolute Gasteiger partial charge is 0.259 e. The minimum absolute atomic E-state index is 0.0681. The molecule has 0 spiro atoms. The lowest BCUT2D eigenvalue weighted by molar-refractivity contribution is 0.0993. The number of hydrogen-bond acceptors (Lipinski definition) is 1. The summed E-state index contributed by atoms with van der Waals surface area (Å²) >= 11 is 0. The number of amides is 1. The molecule has 1 amide bonds. The van der Waals surface area contributed by atoms with E-state index in [4.69, 9.17) is 0 Å². The molecule has 0 saturated heterocycles. The van der Waals surface area contributed by atoms with Crippen molar-refractivity contribution in [2.45, 2.75) is 26.3 Å². The minimum atomic E-state index is 0.0681. The minimum Gasteiger partial charge on any atom is -0.296 e. The van der Waals surface area contributed by atoms with Crippen molar-refractivity contribution >= 4 is 17.2 Å². The summed E-state index contributed by atoms with van der Waals surface area (Å²) in [5, 5.41) is 0. The zero-order valence-electron chi connectivity index (χ0n) is 12.3. The molecule has 0 aromatic heterocycles. The van der Waals surface area contributed by atoms with Gasteiger partial charge in [0.15, 0.2) is 0 Å². The number of allylic oxidation sites excluding steroid dienone is 1. The van der Waals surface area contributed by atoms with Gasteiger partial charge in [-0.3, -0.25) is 9.69 Å². The van der Waals surface area contributed by atoms with Gasteiger partial charge in [0.1, 0.15) is 0 Å². The average Bonchev–Trinajstić information content (AvgIpc) is 2.82. The molecule has 2 heteroatoms. The van der Waals surface area contributed by atoms with E-state index in [-0.39, 0.29) is 11.9 Å². The van der Waals surface area contributed by atoms with Gasteiger partial charge in [-0.1, -0.05) is 43.3 Å². The Bertz CT molecular complexity index is 788. The first-order valence-corrected chi connectivity index (χ1v) is 7.45. The molecule has 0 saturated carbocycles. The van der Waals surface area contributed by atoms with E-state index in [1.165, 1.54) is 16.7 Å². The molecule has 2 nitrogen and oxygen atoms in total. The van der Waals surface area contributed by atoms with Crippen molar-refractivity contribution < 1.29 is 4.79 Å². The largest absolute Gasteiger partial charge is 0.296 e. The Kier molecular flexibility index (Phi) is 2.55. The van der Waals surface area contributed by atoms with E-state index < -0.39 is 0 Å². The Morgan fingerprint density at radius 2 is 1.67 bits per heavy atom. The lowest BCUT2D eigenvalue weighted by Gasteiger charge is -2.35. The first-order chi connectivity index (χ1) is 10.2. The topological polar surface area (TPSA) is 20.3 Å². The highest BCUT2D eigenvalue weighted by atomic mass is 16.2. The summed E-state index contributed by atoms with van der Waals surface area (Å²) in [4.78, 5) is 14.8. The molecule has 0 N–H and O–H groups in total. The van der Waals surface area contributed by atoms with Gasteiger partial charge in [0.05, 0.1) is 11.7 Å². The standard InChI is InChI=1S/C19H17NO/c1-3-13-12(2)18-15-9-4-5-10-16(15)19(21)20(18)17-11-7-6-8-14(13)17/h4-11,18H,3H2,1-2H3. The van der Waals surface area contributed by atoms with Crippen molar-refractivity contribution in [1.29, 1.82) is 0 Å². The molecule has 2 aliphatic heterocycles. The third-order valence-electron chi connectivity index (χ3n) is 4.69. The SMILES string of the molecule is CCC1=C(C)C2c3ccccc3C(=O)N2c2ccccc21. The molecule has 0 fully saturated rings. The van der Waals surface area contributed by atoms with Gasteiger partial charge in [-0.05, 0) is 42.2 Å². The zero-order valence-corrected chi connectivity index (χ0v) is 12.3. The third kappa shape index (κ3) is 1.50. The molecule has 2 aliphatic rings. The van der Waals surface area contributed by atoms with E-state index in [9.17, 15) is 4.79 Å². The molecule has 104 valence electrons. The van der Waals surface area contributed by atoms with Crippen LogP contribution in [0.15, 0.2) is 54.1 Å². The number of nitrogens with zero attached hydrogens (tertiary/aromatic N) is 1. The maximum Gasteiger partial charge on any atom is 0.259 e. The second kappa shape index (κ2) is 4.32. The number of carbonyl (C=O) groups excluding carboxylic acids is 1. The van der Waals surface area contributed by atoms with Crippen LogP contribution in [0.1, 0.15) is 47.8 Å². The third-order valence-corrected chi connectivity index (χ3v) is 4.69. The lowest BCUT2D eigenvalue weighted by Crippen LogP contribution is -2.32. The number of para-hydroxylation sites is 1. The Hall–Kier alpha value is -2.35. The Morgan fingerprint density at radius 1 is 1.00 bits per heavy atom. The van der Waals surface area contributed by atoms with Gasteiger partial charge in [0.25, 0.3) is 5.91 Å². The van der Waals surface area contributed by atoms with Crippen molar-refractivity contribution in [3.8, 4) is 0 Å². The molecule has 2 heterocycles. The van der Waals surface area contributed by atoms with Gasteiger partial charge in [-0.2, -0.15) is 0 Å². The highest BCUT2D eigenvalue weighted by Crippen LogP contribution is 2.50. The molecule has 4 rings (SSSR count). The number of fused-ring (bicyclic) bond motifs is 5. The molecular weight excluding hydrogens is 258 g/mol. The Labute approximate surface area is 124 Å². The zero-order chi connectivity index (χ0) is 14.6. The maximum absolute atomic E-state index is 12.8. The van der Waals surface area contributed by atoms with Crippen LogP contribution in [0.3, 0.4) is 0 Å². The van der Waals surface area contributed by atoms with Crippen molar-refractivity contribution in [2.75, 3.05) is 4.90 Å². The van der Waals surface area contributed by atoms with Crippen molar-refractivity contribution in [3.63, 3.8) is 0 Å². The summed E-state index contributed by atoms with van der Waals surface area (Å²) in [5.41, 5.74) is 6.90. The Morgan fingerprint density at radius 3 is 2.43 bits per heavy atom. The lowest BCUT2D eigenvalue weighted by atomic mass is 9.86. The first kappa shape index (κ1) is 12.4. The summed E-state index contributed by atoms with van der Waals surface area (Å²) in [6, 6.07) is 16.3. The summed E-state index contributed by atoms with van der Waals surface area (Å²) in [7, 11) is 0. The fourth-order valence-electron chi connectivity index (χ4n) is 3.78. The molecular formula is C19H17NO. The predicted octanol–water partition coefficient (Wildman–Crippen LogP) is 4.59. The number of hydrogen-bond donors (Lipinski definition) is 0. The van der Waals surface area contributed by atoms with Crippen LogP contribution >= 0.6 is 0 Å². The fraction of sp³-hybridized carbons (Fsp3) is 0.211. The molecule has 0 aliphatic carbocycles. The normalized spacial score (nSPS) is 19.4. The van der Waals surface area contributed by atoms with E-state index in [1.807, 2.05) is 29.2 Å². The molecule has 1 atom stereocenters.